The summed E-state index contributed by atoms with van der Waals surface area (Å²) in [5.41, 5.74) is 2.28. The van der Waals surface area contributed by atoms with E-state index >= 15 is 0 Å². The second-order valence-electron chi connectivity index (χ2n) is 6.93. The quantitative estimate of drug-likeness (QED) is 0.827. The molecule has 2 aliphatic rings. The number of carbonyl (C=O) groups excluding carboxylic acids is 1. The van der Waals surface area contributed by atoms with E-state index < -0.39 is 0 Å². The first-order chi connectivity index (χ1) is 12.3. The monoisotopic (exact) mass is 333 g/mol. The molecule has 128 valence electrons. The SMILES string of the molecule is O=C(/C=C/c1cccnc1)NCC[C@H]1[C@H]2CN(c3ccccc3)C[C@@H]12. The second-order valence-corrected chi connectivity index (χ2v) is 6.93. The zero-order valence-corrected chi connectivity index (χ0v) is 14.2. The van der Waals surface area contributed by atoms with Crippen molar-refractivity contribution in [3.63, 3.8) is 0 Å². The number of hydrogen-bond acceptors (Lipinski definition) is 3. The Morgan fingerprint density at radius 3 is 2.68 bits per heavy atom. The molecule has 1 saturated carbocycles. The van der Waals surface area contributed by atoms with E-state index in [0.717, 1.165) is 49.4 Å². The average Bonchev–Trinajstić information content (AvgIpc) is 3.11. The van der Waals surface area contributed by atoms with Gasteiger partial charge in [-0.2, -0.15) is 0 Å². The van der Waals surface area contributed by atoms with E-state index in [9.17, 15) is 4.79 Å². The van der Waals surface area contributed by atoms with Gasteiger partial charge in [-0.25, -0.2) is 0 Å². The van der Waals surface area contributed by atoms with Gasteiger partial charge in [0.25, 0.3) is 0 Å². The van der Waals surface area contributed by atoms with E-state index in [1.807, 2.05) is 12.1 Å². The molecule has 0 bridgehead atoms. The van der Waals surface area contributed by atoms with Crippen LogP contribution in [0.4, 0.5) is 5.69 Å². The van der Waals surface area contributed by atoms with Crippen molar-refractivity contribution in [2.24, 2.45) is 17.8 Å². The summed E-state index contributed by atoms with van der Waals surface area (Å²) in [4.78, 5) is 18.4. The summed E-state index contributed by atoms with van der Waals surface area (Å²) in [6.07, 6.45) is 7.94. The van der Waals surface area contributed by atoms with Gasteiger partial charge in [-0.05, 0) is 54.0 Å². The highest BCUT2D eigenvalue weighted by Gasteiger charge is 2.54. The maximum Gasteiger partial charge on any atom is 0.244 e. The molecule has 0 unspecified atom stereocenters. The largest absolute Gasteiger partial charge is 0.371 e. The van der Waals surface area contributed by atoms with Crippen LogP contribution in [0.3, 0.4) is 0 Å². The predicted molar refractivity (Wildman–Crippen MR) is 100 cm³/mol. The molecular weight excluding hydrogens is 310 g/mol. The Morgan fingerprint density at radius 1 is 1.16 bits per heavy atom. The summed E-state index contributed by atoms with van der Waals surface area (Å²) in [7, 11) is 0. The molecule has 1 aliphatic heterocycles. The van der Waals surface area contributed by atoms with Gasteiger partial charge in [0, 0.05) is 43.8 Å². The fraction of sp³-hybridized carbons (Fsp3) is 0.333. The summed E-state index contributed by atoms with van der Waals surface area (Å²) in [5.74, 6) is 2.37. The zero-order chi connectivity index (χ0) is 17.1. The van der Waals surface area contributed by atoms with Crippen LogP contribution < -0.4 is 10.2 Å². The van der Waals surface area contributed by atoms with Gasteiger partial charge in [0.1, 0.15) is 0 Å². The number of piperidine rings is 1. The lowest BCUT2D eigenvalue weighted by Crippen LogP contribution is -2.26. The van der Waals surface area contributed by atoms with Crippen LogP contribution in [-0.2, 0) is 4.79 Å². The molecule has 2 heterocycles. The number of carbonyl (C=O) groups is 1. The molecule has 4 rings (SSSR count). The van der Waals surface area contributed by atoms with Gasteiger partial charge in [-0.15, -0.1) is 0 Å². The maximum atomic E-state index is 11.9. The van der Waals surface area contributed by atoms with Crippen LogP contribution in [0.15, 0.2) is 60.9 Å². The lowest BCUT2D eigenvalue weighted by molar-refractivity contribution is -0.116. The van der Waals surface area contributed by atoms with Gasteiger partial charge in [0.2, 0.25) is 5.91 Å². The number of benzene rings is 1. The smallest absolute Gasteiger partial charge is 0.244 e. The molecule has 25 heavy (non-hydrogen) atoms. The first kappa shape index (κ1) is 15.9. The molecule has 1 aliphatic carbocycles. The standard InChI is InChI=1S/C21H23N3O/c25-21(9-8-16-5-4-11-22-13-16)23-12-10-18-19-14-24(15-20(18)19)17-6-2-1-3-7-17/h1-9,11,13,18-20H,10,12,14-15H2,(H,23,25)/b9-8+/t18-,19+,20-. The van der Waals surface area contributed by atoms with Crippen molar-refractivity contribution < 1.29 is 4.79 Å². The minimum absolute atomic E-state index is 0.0272. The van der Waals surface area contributed by atoms with Crippen molar-refractivity contribution in [1.82, 2.24) is 10.3 Å². The fourth-order valence-corrected chi connectivity index (χ4v) is 3.99. The molecule has 1 amide bonds. The molecule has 4 heteroatoms. The fourth-order valence-electron chi connectivity index (χ4n) is 3.99. The molecule has 1 aromatic carbocycles. The van der Waals surface area contributed by atoms with Gasteiger partial charge in [-0.1, -0.05) is 24.3 Å². The van der Waals surface area contributed by atoms with Crippen molar-refractivity contribution in [2.75, 3.05) is 24.5 Å². The molecule has 1 N–H and O–H groups in total. The topological polar surface area (TPSA) is 45.2 Å². The highest BCUT2D eigenvalue weighted by molar-refractivity contribution is 5.91. The van der Waals surface area contributed by atoms with Gasteiger partial charge in [0.15, 0.2) is 0 Å². The van der Waals surface area contributed by atoms with Crippen LogP contribution in [0.5, 0.6) is 0 Å². The molecule has 1 aromatic heterocycles. The number of rotatable bonds is 6. The van der Waals surface area contributed by atoms with E-state index in [1.165, 1.54) is 5.69 Å². The van der Waals surface area contributed by atoms with Crippen molar-refractivity contribution in [1.29, 1.82) is 0 Å². The van der Waals surface area contributed by atoms with Crippen LogP contribution in [0.2, 0.25) is 0 Å². The number of anilines is 1. The van der Waals surface area contributed by atoms with E-state index in [4.69, 9.17) is 0 Å². The van der Waals surface area contributed by atoms with Gasteiger partial charge < -0.3 is 10.2 Å². The predicted octanol–water partition coefficient (Wildman–Crippen LogP) is 2.98. The Hall–Kier alpha value is -2.62. The molecule has 0 spiro atoms. The third-order valence-electron chi connectivity index (χ3n) is 5.38. The van der Waals surface area contributed by atoms with Crippen LogP contribution in [0.1, 0.15) is 12.0 Å². The third kappa shape index (κ3) is 3.73. The van der Waals surface area contributed by atoms with Crippen molar-refractivity contribution >= 4 is 17.7 Å². The number of hydrogen-bond donors (Lipinski definition) is 1. The average molecular weight is 333 g/mol. The van der Waals surface area contributed by atoms with E-state index in [-0.39, 0.29) is 5.91 Å². The normalized spacial score (nSPS) is 24.3. The molecule has 4 nitrogen and oxygen atoms in total. The van der Waals surface area contributed by atoms with Gasteiger partial charge in [0.05, 0.1) is 0 Å². The number of para-hydroxylation sites is 1. The number of fused-ring (bicyclic) bond motifs is 1. The lowest BCUT2D eigenvalue weighted by Gasteiger charge is -2.21. The first-order valence-corrected chi connectivity index (χ1v) is 8.97. The van der Waals surface area contributed by atoms with E-state index in [2.05, 4.69) is 45.5 Å². The molecule has 2 aromatic rings. The van der Waals surface area contributed by atoms with Crippen LogP contribution in [0.25, 0.3) is 6.08 Å². The number of nitrogens with one attached hydrogen (secondary N) is 1. The lowest BCUT2D eigenvalue weighted by atomic mass is 10.2. The van der Waals surface area contributed by atoms with E-state index in [0.29, 0.717) is 0 Å². The summed E-state index contributed by atoms with van der Waals surface area (Å²) in [5, 5.41) is 3.00. The molecular formula is C21H23N3O. The maximum absolute atomic E-state index is 11.9. The Bertz CT molecular complexity index is 732. The summed E-state index contributed by atoms with van der Waals surface area (Å²) in [6, 6.07) is 14.4. The summed E-state index contributed by atoms with van der Waals surface area (Å²) >= 11 is 0. The molecule has 0 radical (unpaired) electrons. The van der Waals surface area contributed by atoms with Crippen LogP contribution in [-0.4, -0.2) is 30.5 Å². The van der Waals surface area contributed by atoms with Gasteiger partial charge >= 0.3 is 0 Å². The van der Waals surface area contributed by atoms with Crippen molar-refractivity contribution in [2.45, 2.75) is 6.42 Å². The van der Waals surface area contributed by atoms with Crippen molar-refractivity contribution in [3.8, 4) is 0 Å². The molecule has 2 fully saturated rings. The van der Waals surface area contributed by atoms with Gasteiger partial charge in [-0.3, -0.25) is 9.78 Å². The third-order valence-corrected chi connectivity index (χ3v) is 5.38. The Labute approximate surface area is 148 Å². The number of amides is 1. The minimum atomic E-state index is -0.0272. The number of nitrogens with zero attached hydrogens (tertiary/aromatic N) is 2. The highest BCUT2D eigenvalue weighted by atomic mass is 16.1. The Kier molecular flexibility index (Phi) is 4.51. The second kappa shape index (κ2) is 7.09. The summed E-state index contributed by atoms with van der Waals surface area (Å²) in [6.45, 7) is 3.08. The highest BCUT2D eigenvalue weighted by Crippen LogP contribution is 2.54. The first-order valence-electron chi connectivity index (χ1n) is 8.97. The Balaban J connectivity index is 1.17. The number of aromatic nitrogens is 1. The zero-order valence-electron chi connectivity index (χ0n) is 14.2. The Morgan fingerprint density at radius 2 is 1.96 bits per heavy atom. The van der Waals surface area contributed by atoms with Crippen molar-refractivity contribution in [3.05, 3.63) is 66.5 Å². The van der Waals surface area contributed by atoms with Crippen LogP contribution >= 0.6 is 0 Å². The molecule has 1 saturated heterocycles. The number of pyridine rings is 1. The van der Waals surface area contributed by atoms with E-state index in [1.54, 1.807) is 24.5 Å². The summed E-state index contributed by atoms with van der Waals surface area (Å²) < 4.78 is 0. The van der Waals surface area contributed by atoms with Crippen LogP contribution in [0, 0.1) is 17.8 Å². The minimum Gasteiger partial charge on any atom is -0.371 e. The molecule has 3 atom stereocenters.